The maximum atomic E-state index is 12.2. The lowest BCUT2D eigenvalue weighted by Crippen LogP contribution is -2.39. The first-order valence-electron chi connectivity index (χ1n) is 8.61. The van der Waals surface area contributed by atoms with Gasteiger partial charge in [0.15, 0.2) is 0 Å². The maximum absolute atomic E-state index is 12.2. The van der Waals surface area contributed by atoms with Crippen LogP contribution in [0.1, 0.15) is 37.7 Å². The average Bonchev–Trinajstić information content (AvgIpc) is 3.07. The fraction of sp³-hybridized carbons (Fsp3) is 0.611. The Morgan fingerprint density at radius 3 is 3.00 bits per heavy atom. The van der Waals surface area contributed by atoms with Crippen molar-refractivity contribution in [2.75, 3.05) is 23.4 Å². The van der Waals surface area contributed by atoms with E-state index in [2.05, 4.69) is 40.6 Å². The number of carbonyl (C=O) groups excluding carboxylic acids is 1. The Kier molecular flexibility index (Phi) is 6.72. The second-order valence-corrected chi connectivity index (χ2v) is 8.83. The minimum Gasteiger partial charge on any atom is -0.326 e. The van der Waals surface area contributed by atoms with Gasteiger partial charge in [0.05, 0.1) is 0 Å². The molecule has 2 aliphatic rings. The van der Waals surface area contributed by atoms with Crippen LogP contribution in [0.15, 0.2) is 24.3 Å². The summed E-state index contributed by atoms with van der Waals surface area (Å²) in [6.45, 7) is 1.01. The second-order valence-electron chi connectivity index (χ2n) is 6.40. The van der Waals surface area contributed by atoms with E-state index >= 15 is 0 Å². The number of rotatable bonds is 6. The van der Waals surface area contributed by atoms with Gasteiger partial charge >= 0.3 is 0 Å². The van der Waals surface area contributed by atoms with Crippen molar-refractivity contribution in [1.29, 1.82) is 0 Å². The molecule has 0 bridgehead atoms. The minimum atomic E-state index is 0.116. The number of benzene rings is 1. The molecule has 1 aromatic rings. The van der Waals surface area contributed by atoms with Crippen molar-refractivity contribution >= 4 is 35.1 Å². The molecule has 0 aromatic heterocycles. The van der Waals surface area contributed by atoms with E-state index in [1.165, 1.54) is 31.2 Å². The van der Waals surface area contributed by atoms with Crippen molar-refractivity contribution in [2.24, 2.45) is 0 Å². The van der Waals surface area contributed by atoms with Crippen LogP contribution in [0.2, 0.25) is 0 Å². The Labute approximate surface area is 147 Å². The summed E-state index contributed by atoms with van der Waals surface area (Å²) in [5.74, 6) is 3.35. The molecular weight excluding hydrogens is 324 g/mol. The molecule has 1 aromatic carbocycles. The first kappa shape index (κ1) is 17.2. The molecule has 1 saturated heterocycles. The number of hydrogen-bond acceptors (Lipinski definition) is 4. The SMILES string of the molecule is O=C(CC1CSCCN1)Nc1cccc(CSC2CCCC2)c1. The van der Waals surface area contributed by atoms with Crippen LogP contribution in [0.4, 0.5) is 5.69 Å². The zero-order valence-corrected chi connectivity index (χ0v) is 15.2. The molecule has 3 nitrogen and oxygen atoms in total. The maximum Gasteiger partial charge on any atom is 0.225 e. The molecule has 3 rings (SSSR count). The first-order chi connectivity index (χ1) is 11.3. The summed E-state index contributed by atoms with van der Waals surface area (Å²) in [7, 11) is 0. The Balaban J connectivity index is 1.47. The molecule has 1 aliphatic heterocycles. The molecule has 0 radical (unpaired) electrons. The Hall–Kier alpha value is -0.650. The van der Waals surface area contributed by atoms with Gasteiger partial charge in [0.2, 0.25) is 5.91 Å². The van der Waals surface area contributed by atoms with E-state index in [9.17, 15) is 4.79 Å². The summed E-state index contributed by atoms with van der Waals surface area (Å²) in [6.07, 6.45) is 6.08. The van der Waals surface area contributed by atoms with E-state index in [4.69, 9.17) is 0 Å². The number of anilines is 1. The lowest BCUT2D eigenvalue weighted by molar-refractivity contribution is -0.116. The largest absolute Gasteiger partial charge is 0.326 e. The Bertz CT molecular complexity index is 511. The predicted octanol–water partition coefficient (Wildman–Crippen LogP) is 3.90. The highest BCUT2D eigenvalue weighted by Crippen LogP contribution is 2.31. The summed E-state index contributed by atoms with van der Waals surface area (Å²) in [5.41, 5.74) is 2.24. The number of thioether (sulfide) groups is 2. The Morgan fingerprint density at radius 2 is 2.22 bits per heavy atom. The van der Waals surface area contributed by atoms with E-state index < -0.39 is 0 Å². The molecule has 5 heteroatoms. The quantitative estimate of drug-likeness (QED) is 0.816. The van der Waals surface area contributed by atoms with Gasteiger partial charge in [-0.1, -0.05) is 25.0 Å². The van der Waals surface area contributed by atoms with Gasteiger partial charge in [-0.15, -0.1) is 0 Å². The standard InChI is InChI=1S/C18H26N2OS2/c21-18(11-16-13-22-9-8-19-16)20-15-5-3-4-14(10-15)12-23-17-6-1-2-7-17/h3-5,10,16-17,19H,1-2,6-9,11-13H2,(H,20,21). The van der Waals surface area contributed by atoms with Crippen LogP contribution in [-0.2, 0) is 10.5 Å². The van der Waals surface area contributed by atoms with Gasteiger partial charge in [0.25, 0.3) is 0 Å². The third kappa shape index (κ3) is 5.73. The van der Waals surface area contributed by atoms with Crippen LogP contribution >= 0.6 is 23.5 Å². The van der Waals surface area contributed by atoms with Gasteiger partial charge in [-0.3, -0.25) is 4.79 Å². The first-order valence-corrected chi connectivity index (χ1v) is 10.8. The lowest BCUT2D eigenvalue weighted by atomic mass is 10.2. The monoisotopic (exact) mass is 350 g/mol. The molecule has 1 aliphatic carbocycles. The summed E-state index contributed by atoms with van der Waals surface area (Å²) in [5, 5.41) is 7.31. The molecule has 2 fully saturated rings. The highest BCUT2D eigenvalue weighted by atomic mass is 32.2. The molecule has 1 heterocycles. The van der Waals surface area contributed by atoms with Gasteiger partial charge in [-0.2, -0.15) is 23.5 Å². The van der Waals surface area contributed by atoms with E-state index in [1.807, 2.05) is 17.8 Å². The molecule has 23 heavy (non-hydrogen) atoms. The van der Waals surface area contributed by atoms with Crippen molar-refractivity contribution in [3.8, 4) is 0 Å². The zero-order chi connectivity index (χ0) is 15.9. The highest BCUT2D eigenvalue weighted by Gasteiger charge is 2.17. The van der Waals surface area contributed by atoms with Gasteiger partial charge < -0.3 is 10.6 Å². The normalized spacial score (nSPS) is 22.2. The summed E-state index contributed by atoms with van der Waals surface area (Å²) in [6, 6.07) is 8.65. The number of carbonyl (C=O) groups is 1. The second kappa shape index (κ2) is 9.00. The van der Waals surface area contributed by atoms with Crippen LogP contribution < -0.4 is 10.6 Å². The third-order valence-corrected chi connectivity index (χ3v) is 7.00. The van der Waals surface area contributed by atoms with Crippen molar-refractivity contribution in [1.82, 2.24) is 5.32 Å². The smallest absolute Gasteiger partial charge is 0.225 e. The molecule has 2 N–H and O–H groups in total. The summed E-state index contributed by atoms with van der Waals surface area (Å²) in [4.78, 5) is 12.2. The lowest BCUT2D eigenvalue weighted by Gasteiger charge is -2.22. The zero-order valence-electron chi connectivity index (χ0n) is 13.6. The van der Waals surface area contributed by atoms with Crippen LogP contribution in [0, 0.1) is 0 Å². The van der Waals surface area contributed by atoms with Gasteiger partial charge in [0.1, 0.15) is 0 Å². The minimum absolute atomic E-state index is 0.116. The van der Waals surface area contributed by atoms with Crippen molar-refractivity contribution in [3.63, 3.8) is 0 Å². The van der Waals surface area contributed by atoms with Crippen LogP contribution in [-0.4, -0.2) is 35.2 Å². The number of amides is 1. The highest BCUT2D eigenvalue weighted by molar-refractivity contribution is 7.99. The van der Waals surface area contributed by atoms with Crippen LogP contribution in [0.3, 0.4) is 0 Å². The summed E-state index contributed by atoms with van der Waals surface area (Å²) >= 11 is 3.99. The van der Waals surface area contributed by atoms with Crippen molar-refractivity contribution in [3.05, 3.63) is 29.8 Å². The molecule has 1 saturated carbocycles. The molecular formula is C18H26N2OS2. The third-order valence-electron chi connectivity index (χ3n) is 4.43. The van der Waals surface area contributed by atoms with E-state index in [-0.39, 0.29) is 5.91 Å². The topological polar surface area (TPSA) is 41.1 Å². The molecule has 1 amide bonds. The molecule has 1 unspecified atom stereocenters. The number of nitrogens with one attached hydrogen (secondary N) is 2. The van der Waals surface area contributed by atoms with Crippen molar-refractivity contribution < 1.29 is 4.79 Å². The molecule has 126 valence electrons. The fourth-order valence-electron chi connectivity index (χ4n) is 3.19. The molecule has 0 spiro atoms. The fourth-order valence-corrected chi connectivity index (χ4v) is 5.42. The van der Waals surface area contributed by atoms with E-state index in [0.29, 0.717) is 12.5 Å². The van der Waals surface area contributed by atoms with E-state index in [1.54, 1.807) is 0 Å². The number of hydrogen-bond donors (Lipinski definition) is 2. The van der Waals surface area contributed by atoms with E-state index in [0.717, 1.165) is 34.7 Å². The van der Waals surface area contributed by atoms with Crippen LogP contribution in [0.25, 0.3) is 0 Å². The molecule has 1 atom stereocenters. The predicted molar refractivity (Wildman–Crippen MR) is 102 cm³/mol. The van der Waals surface area contributed by atoms with Gasteiger partial charge in [0, 0.05) is 47.2 Å². The van der Waals surface area contributed by atoms with Crippen molar-refractivity contribution in [2.45, 2.75) is 49.1 Å². The van der Waals surface area contributed by atoms with Gasteiger partial charge in [-0.25, -0.2) is 0 Å². The van der Waals surface area contributed by atoms with Crippen LogP contribution in [0.5, 0.6) is 0 Å². The summed E-state index contributed by atoms with van der Waals surface area (Å²) < 4.78 is 0. The average molecular weight is 351 g/mol. The van der Waals surface area contributed by atoms with Gasteiger partial charge in [-0.05, 0) is 30.5 Å². The Morgan fingerprint density at radius 1 is 1.35 bits per heavy atom.